The summed E-state index contributed by atoms with van der Waals surface area (Å²) in [6.07, 6.45) is 12.4. The SMILES string of the molecule is CC1=CC2CC(c3cnc(N4CCOCC4)nc3)=CC=C2C(c2ccc3c4c(ccnc24)CCO3)=C1C(OC(C)(C)C)C(=O)O. The predicted octanol–water partition coefficient (Wildman–Crippen LogP) is 5.81. The molecule has 1 N–H and O–H groups in total. The van der Waals surface area contributed by atoms with Gasteiger partial charge in [0.1, 0.15) is 5.75 Å². The highest BCUT2D eigenvalue weighted by Crippen LogP contribution is 2.49. The van der Waals surface area contributed by atoms with Crippen molar-refractivity contribution in [3.8, 4) is 5.75 Å². The van der Waals surface area contributed by atoms with E-state index in [1.54, 1.807) is 0 Å². The van der Waals surface area contributed by atoms with Crippen LogP contribution in [-0.2, 0) is 20.7 Å². The second-order valence-corrected chi connectivity index (χ2v) is 13.0. The van der Waals surface area contributed by atoms with Gasteiger partial charge in [-0.25, -0.2) is 14.8 Å². The molecule has 3 aromatic rings. The molecule has 1 fully saturated rings. The number of rotatable bonds is 6. The van der Waals surface area contributed by atoms with E-state index in [4.69, 9.17) is 19.2 Å². The first-order valence-corrected chi connectivity index (χ1v) is 15.6. The van der Waals surface area contributed by atoms with Crippen molar-refractivity contribution in [2.75, 3.05) is 37.8 Å². The zero-order valence-electron chi connectivity index (χ0n) is 26.2. The van der Waals surface area contributed by atoms with Gasteiger partial charge >= 0.3 is 5.97 Å². The Morgan fingerprint density at radius 1 is 1.07 bits per heavy atom. The molecule has 0 saturated carbocycles. The standard InChI is InChI=1S/C36H38N4O5/c1-21-17-24-18-23(25-19-38-35(39-20-25)40-12-15-43-16-13-40)5-6-26(24)31(29(21)33(34(41)42)45-36(2,3)4)27-7-8-28-30-22(10-14-44-28)9-11-37-32(27)30/h5-9,11,17,19-20,24,33H,10,12-16,18H2,1-4H3,(H,41,42). The lowest BCUT2D eigenvalue weighted by Gasteiger charge is -2.36. The van der Waals surface area contributed by atoms with Crippen molar-refractivity contribution in [3.63, 3.8) is 0 Å². The highest BCUT2D eigenvalue weighted by molar-refractivity contribution is 6.04. The van der Waals surface area contributed by atoms with Gasteiger partial charge in [0.05, 0.1) is 30.9 Å². The number of hydrogen-bond acceptors (Lipinski definition) is 8. The van der Waals surface area contributed by atoms with Gasteiger partial charge in [0.2, 0.25) is 5.95 Å². The number of carboxylic acid groups (broad SMARTS) is 1. The average molecular weight is 607 g/mol. The number of benzene rings is 1. The number of allylic oxidation sites excluding steroid dienone is 6. The van der Waals surface area contributed by atoms with E-state index >= 15 is 0 Å². The Morgan fingerprint density at radius 3 is 2.58 bits per heavy atom. The summed E-state index contributed by atoms with van der Waals surface area (Å²) >= 11 is 0. The van der Waals surface area contributed by atoms with E-state index in [9.17, 15) is 9.90 Å². The van der Waals surface area contributed by atoms with E-state index < -0.39 is 17.7 Å². The third-order valence-electron chi connectivity index (χ3n) is 8.84. The second-order valence-electron chi connectivity index (χ2n) is 13.0. The number of morpholine rings is 1. The van der Waals surface area contributed by atoms with Gasteiger partial charge in [-0.15, -0.1) is 0 Å². The lowest BCUT2D eigenvalue weighted by molar-refractivity contribution is -0.155. The van der Waals surface area contributed by atoms with Crippen LogP contribution >= 0.6 is 0 Å². The van der Waals surface area contributed by atoms with Crippen LogP contribution in [0.5, 0.6) is 5.75 Å². The van der Waals surface area contributed by atoms with Gasteiger partial charge in [0.25, 0.3) is 0 Å². The minimum atomic E-state index is -1.16. The van der Waals surface area contributed by atoms with Crippen molar-refractivity contribution in [2.45, 2.75) is 52.2 Å². The van der Waals surface area contributed by atoms with Crippen molar-refractivity contribution >= 4 is 34.0 Å². The fourth-order valence-electron chi connectivity index (χ4n) is 6.85. The van der Waals surface area contributed by atoms with Crippen LogP contribution in [0.2, 0.25) is 0 Å². The molecular formula is C36H38N4O5. The molecule has 2 unspecified atom stereocenters. The van der Waals surface area contributed by atoms with Crippen LogP contribution in [0.3, 0.4) is 0 Å². The third-order valence-corrected chi connectivity index (χ3v) is 8.84. The minimum absolute atomic E-state index is 0.0221. The number of hydrogen-bond donors (Lipinski definition) is 1. The Kier molecular flexibility index (Phi) is 7.54. The van der Waals surface area contributed by atoms with Crippen LogP contribution in [0.4, 0.5) is 5.95 Å². The largest absolute Gasteiger partial charge is 0.493 e. The molecule has 7 rings (SSSR count). The summed E-state index contributed by atoms with van der Waals surface area (Å²) in [7, 11) is 0. The number of ether oxygens (including phenoxy) is 3. The monoisotopic (exact) mass is 606 g/mol. The normalized spacial score (nSPS) is 20.6. The molecule has 1 saturated heterocycles. The zero-order valence-corrected chi connectivity index (χ0v) is 26.2. The number of carboxylic acids is 1. The van der Waals surface area contributed by atoms with E-state index in [1.165, 1.54) is 5.56 Å². The summed E-state index contributed by atoms with van der Waals surface area (Å²) in [6.45, 7) is 11.2. The number of aliphatic carboxylic acids is 1. The van der Waals surface area contributed by atoms with Crippen molar-refractivity contribution in [2.24, 2.45) is 5.92 Å². The molecule has 2 aliphatic heterocycles. The first-order chi connectivity index (χ1) is 21.7. The van der Waals surface area contributed by atoms with Crippen LogP contribution < -0.4 is 9.64 Å². The van der Waals surface area contributed by atoms with E-state index in [0.717, 1.165) is 82.0 Å². The fraction of sp³-hybridized carbons (Fsp3) is 0.389. The smallest absolute Gasteiger partial charge is 0.337 e. The summed E-state index contributed by atoms with van der Waals surface area (Å²) in [5, 5.41) is 11.5. The summed E-state index contributed by atoms with van der Waals surface area (Å²) in [6, 6.07) is 6.07. The summed E-state index contributed by atoms with van der Waals surface area (Å²) in [4.78, 5) is 29.2. The highest BCUT2D eigenvalue weighted by atomic mass is 16.5. The average Bonchev–Trinajstić information content (AvgIpc) is 3.03. The number of pyridine rings is 1. The van der Waals surface area contributed by atoms with E-state index in [1.807, 2.05) is 64.5 Å². The Morgan fingerprint density at radius 2 is 1.84 bits per heavy atom. The molecule has 2 aromatic heterocycles. The maximum Gasteiger partial charge on any atom is 0.337 e. The molecule has 9 heteroatoms. The maximum absolute atomic E-state index is 12.9. The molecule has 9 nitrogen and oxygen atoms in total. The summed E-state index contributed by atoms with van der Waals surface area (Å²) in [5.41, 5.74) is 7.79. The Bertz CT molecular complexity index is 1780. The molecule has 2 aliphatic carbocycles. The maximum atomic E-state index is 12.9. The second kappa shape index (κ2) is 11.5. The number of nitrogens with zero attached hydrogens (tertiary/aromatic N) is 4. The number of aromatic nitrogens is 3. The Labute approximate surface area is 262 Å². The summed E-state index contributed by atoms with van der Waals surface area (Å²) < 4.78 is 17.8. The van der Waals surface area contributed by atoms with Crippen molar-refractivity contribution < 1.29 is 24.1 Å². The molecule has 0 radical (unpaired) electrons. The Hall–Kier alpha value is -4.34. The van der Waals surface area contributed by atoms with E-state index in [2.05, 4.69) is 33.1 Å². The van der Waals surface area contributed by atoms with Crippen LogP contribution in [-0.4, -0.2) is 70.6 Å². The first-order valence-electron chi connectivity index (χ1n) is 15.6. The van der Waals surface area contributed by atoms with Crippen LogP contribution in [0, 0.1) is 5.92 Å². The molecule has 0 amide bonds. The predicted molar refractivity (Wildman–Crippen MR) is 173 cm³/mol. The van der Waals surface area contributed by atoms with Gasteiger partial charge in [-0.1, -0.05) is 18.2 Å². The van der Waals surface area contributed by atoms with Gasteiger partial charge in [0.15, 0.2) is 6.10 Å². The molecule has 4 aliphatic rings. The van der Waals surface area contributed by atoms with Crippen LogP contribution in [0.25, 0.3) is 22.0 Å². The molecule has 1 aromatic carbocycles. The number of fused-ring (bicyclic) bond motifs is 1. The van der Waals surface area contributed by atoms with Crippen LogP contribution in [0.1, 0.15) is 50.8 Å². The zero-order chi connectivity index (χ0) is 31.3. The van der Waals surface area contributed by atoms with Crippen LogP contribution in [0.15, 0.2) is 71.7 Å². The van der Waals surface area contributed by atoms with E-state index in [-0.39, 0.29) is 5.92 Å². The minimum Gasteiger partial charge on any atom is -0.493 e. The summed E-state index contributed by atoms with van der Waals surface area (Å²) in [5.74, 6) is 0.531. The van der Waals surface area contributed by atoms with Crippen molar-refractivity contribution in [1.82, 2.24) is 15.0 Å². The van der Waals surface area contributed by atoms with Gasteiger partial charge in [-0.3, -0.25) is 4.98 Å². The van der Waals surface area contributed by atoms with Crippen molar-refractivity contribution in [3.05, 3.63) is 88.4 Å². The van der Waals surface area contributed by atoms with Gasteiger partial charge in [0, 0.05) is 66.1 Å². The van der Waals surface area contributed by atoms with Crippen molar-refractivity contribution in [1.29, 1.82) is 0 Å². The molecular weight excluding hydrogens is 568 g/mol. The highest BCUT2D eigenvalue weighted by Gasteiger charge is 2.38. The molecule has 2 atom stereocenters. The van der Waals surface area contributed by atoms with Gasteiger partial charge < -0.3 is 24.2 Å². The Balaban J connectivity index is 1.37. The fourth-order valence-corrected chi connectivity index (χ4v) is 6.85. The van der Waals surface area contributed by atoms with E-state index in [0.29, 0.717) is 25.4 Å². The molecule has 4 heterocycles. The molecule has 232 valence electrons. The lowest BCUT2D eigenvalue weighted by atomic mass is 9.71. The number of carbonyl (C=O) groups is 1. The molecule has 45 heavy (non-hydrogen) atoms. The quantitative estimate of drug-likeness (QED) is 0.372. The van der Waals surface area contributed by atoms with Gasteiger partial charge in [-0.05, 0) is 80.2 Å². The van der Waals surface area contributed by atoms with Gasteiger partial charge in [-0.2, -0.15) is 0 Å². The molecule has 0 bridgehead atoms. The third kappa shape index (κ3) is 5.55. The molecule has 0 spiro atoms. The number of anilines is 1. The first kappa shape index (κ1) is 29.4. The lowest BCUT2D eigenvalue weighted by Crippen LogP contribution is -2.37. The topological polar surface area (TPSA) is 107 Å².